The molecule has 0 aliphatic rings. The molecule has 1 unspecified atom stereocenters. The van der Waals surface area contributed by atoms with Gasteiger partial charge in [-0.2, -0.15) is 0 Å². The van der Waals surface area contributed by atoms with E-state index < -0.39 is 24.0 Å². The molecule has 3 atom stereocenters. The summed E-state index contributed by atoms with van der Waals surface area (Å²) in [6.07, 6.45) is 1.29. The van der Waals surface area contributed by atoms with Gasteiger partial charge in [-0.15, -0.1) is 0 Å². The Morgan fingerprint density at radius 2 is 1.61 bits per heavy atom. The van der Waals surface area contributed by atoms with Crippen LogP contribution in [-0.4, -0.2) is 38.9 Å². The summed E-state index contributed by atoms with van der Waals surface area (Å²) in [5.74, 6) is -1.52. The Labute approximate surface area is 162 Å². The van der Waals surface area contributed by atoms with Crippen LogP contribution in [0.3, 0.4) is 0 Å². The van der Waals surface area contributed by atoms with E-state index in [9.17, 15) is 19.8 Å². The lowest BCUT2D eigenvalue weighted by Gasteiger charge is -2.24. The van der Waals surface area contributed by atoms with Gasteiger partial charge in [0.25, 0.3) is 0 Å². The van der Waals surface area contributed by atoms with Crippen LogP contribution in [0.1, 0.15) is 23.5 Å². The zero-order valence-electron chi connectivity index (χ0n) is 15.2. The molecule has 3 rings (SSSR count). The number of fused-ring (bicyclic) bond motifs is 1. The van der Waals surface area contributed by atoms with E-state index in [2.05, 4.69) is 0 Å². The van der Waals surface area contributed by atoms with E-state index in [1.165, 1.54) is 4.57 Å². The highest BCUT2D eigenvalue weighted by atomic mass is 16.4. The van der Waals surface area contributed by atoms with Crippen molar-refractivity contribution < 1.29 is 19.8 Å². The number of aromatic nitrogens is 1. The SMILES string of the molecule is N[C@@H](Cc1cn(C(=O)O)c2ccccc12)CC(c1ccccc1)[C@H](N)C(=O)O. The molecule has 0 spiro atoms. The third-order valence-electron chi connectivity index (χ3n) is 4.99. The van der Waals surface area contributed by atoms with Crippen LogP contribution < -0.4 is 11.5 Å². The number of carbonyl (C=O) groups is 2. The molecule has 2 aromatic carbocycles. The van der Waals surface area contributed by atoms with Gasteiger partial charge < -0.3 is 21.7 Å². The van der Waals surface area contributed by atoms with Gasteiger partial charge in [-0.3, -0.25) is 9.36 Å². The van der Waals surface area contributed by atoms with Crippen molar-refractivity contribution in [2.24, 2.45) is 11.5 Å². The molecule has 1 heterocycles. The highest BCUT2D eigenvalue weighted by Crippen LogP contribution is 2.27. The molecule has 0 saturated heterocycles. The molecule has 6 N–H and O–H groups in total. The Kier molecular flexibility index (Phi) is 5.77. The molecule has 1 aromatic heterocycles. The molecule has 7 heteroatoms. The third-order valence-corrected chi connectivity index (χ3v) is 4.99. The minimum absolute atomic E-state index is 0.365. The number of rotatable bonds is 7. The Morgan fingerprint density at radius 1 is 0.964 bits per heavy atom. The summed E-state index contributed by atoms with van der Waals surface area (Å²) >= 11 is 0. The van der Waals surface area contributed by atoms with E-state index in [0.29, 0.717) is 18.4 Å². The van der Waals surface area contributed by atoms with Crippen molar-refractivity contribution in [3.05, 3.63) is 71.9 Å². The Morgan fingerprint density at radius 3 is 2.25 bits per heavy atom. The minimum atomic E-state index is -1.08. The molecule has 3 aromatic rings. The van der Waals surface area contributed by atoms with E-state index in [-0.39, 0.29) is 6.04 Å². The first kappa shape index (κ1) is 19.6. The number of nitrogens with zero attached hydrogens (tertiary/aromatic N) is 1. The number of para-hydroxylation sites is 1. The zero-order valence-corrected chi connectivity index (χ0v) is 15.2. The van der Waals surface area contributed by atoms with Gasteiger partial charge in [-0.05, 0) is 30.0 Å². The number of carboxylic acid groups (broad SMARTS) is 2. The van der Waals surface area contributed by atoms with Crippen LogP contribution in [0.25, 0.3) is 10.9 Å². The summed E-state index contributed by atoms with van der Waals surface area (Å²) in [5.41, 5.74) is 14.5. The summed E-state index contributed by atoms with van der Waals surface area (Å²) in [7, 11) is 0. The normalized spacial score (nSPS) is 14.5. The predicted molar refractivity (Wildman–Crippen MR) is 106 cm³/mol. The quantitative estimate of drug-likeness (QED) is 0.497. The standard InChI is InChI=1S/C21H23N3O4/c22-15(11-17(19(23)20(25)26)13-6-2-1-3-7-13)10-14-12-24(21(27)28)18-9-5-4-8-16(14)18/h1-9,12,15,17,19H,10-11,22-23H2,(H,25,26)(H,27,28)/t15-,17?,19-/m0/s1. The van der Waals surface area contributed by atoms with Crippen molar-refractivity contribution in [3.8, 4) is 0 Å². The van der Waals surface area contributed by atoms with Crippen LogP contribution in [0.4, 0.5) is 4.79 Å². The largest absolute Gasteiger partial charge is 0.480 e. The first-order valence-electron chi connectivity index (χ1n) is 8.99. The maximum Gasteiger partial charge on any atom is 0.416 e. The van der Waals surface area contributed by atoms with Crippen molar-refractivity contribution >= 4 is 23.0 Å². The monoisotopic (exact) mass is 381 g/mol. The molecule has 0 fully saturated rings. The summed E-state index contributed by atoms with van der Waals surface area (Å²) in [6.45, 7) is 0. The number of hydrogen-bond acceptors (Lipinski definition) is 4. The van der Waals surface area contributed by atoms with Gasteiger partial charge in [-0.25, -0.2) is 4.79 Å². The zero-order chi connectivity index (χ0) is 20.3. The molecule has 0 aliphatic heterocycles. The minimum Gasteiger partial charge on any atom is -0.480 e. The van der Waals surface area contributed by atoms with Crippen LogP contribution in [0.2, 0.25) is 0 Å². The van der Waals surface area contributed by atoms with Crippen molar-refractivity contribution in [1.29, 1.82) is 0 Å². The number of hydrogen-bond donors (Lipinski definition) is 4. The number of aliphatic carboxylic acids is 1. The van der Waals surface area contributed by atoms with Gasteiger partial charge in [0.1, 0.15) is 6.04 Å². The van der Waals surface area contributed by atoms with Crippen molar-refractivity contribution in [2.45, 2.75) is 30.8 Å². The summed E-state index contributed by atoms with van der Waals surface area (Å²) in [5, 5.41) is 19.6. The molecular weight excluding hydrogens is 358 g/mol. The molecule has 28 heavy (non-hydrogen) atoms. The lowest BCUT2D eigenvalue weighted by molar-refractivity contribution is -0.139. The molecule has 7 nitrogen and oxygen atoms in total. The molecule has 0 saturated carbocycles. The lowest BCUT2D eigenvalue weighted by Crippen LogP contribution is -2.40. The summed E-state index contributed by atoms with van der Waals surface area (Å²) < 4.78 is 1.18. The molecule has 0 radical (unpaired) electrons. The number of nitrogens with two attached hydrogens (primary N) is 2. The van der Waals surface area contributed by atoms with Crippen LogP contribution in [-0.2, 0) is 11.2 Å². The smallest absolute Gasteiger partial charge is 0.416 e. The van der Waals surface area contributed by atoms with E-state index in [4.69, 9.17) is 11.5 Å². The van der Waals surface area contributed by atoms with Crippen LogP contribution >= 0.6 is 0 Å². The lowest BCUT2D eigenvalue weighted by atomic mass is 9.85. The first-order valence-corrected chi connectivity index (χ1v) is 8.99. The molecule has 146 valence electrons. The fourth-order valence-electron chi connectivity index (χ4n) is 3.63. The second-order valence-corrected chi connectivity index (χ2v) is 6.91. The van der Waals surface area contributed by atoms with E-state index in [1.54, 1.807) is 18.3 Å². The van der Waals surface area contributed by atoms with Gasteiger partial charge in [0, 0.05) is 23.5 Å². The molecule has 0 bridgehead atoms. The maximum absolute atomic E-state index is 11.5. The van der Waals surface area contributed by atoms with Crippen molar-refractivity contribution in [3.63, 3.8) is 0 Å². The highest BCUT2D eigenvalue weighted by Gasteiger charge is 2.28. The fraction of sp³-hybridized carbons (Fsp3) is 0.238. The third kappa shape index (κ3) is 4.05. The number of benzene rings is 2. The van der Waals surface area contributed by atoms with Gasteiger partial charge in [-0.1, -0.05) is 48.5 Å². The Bertz CT molecular complexity index is 984. The average molecular weight is 381 g/mol. The fourth-order valence-corrected chi connectivity index (χ4v) is 3.63. The summed E-state index contributed by atoms with van der Waals surface area (Å²) in [4.78, 5) is 23.0. The number of carboxylic acids is 1. The Hall–Kier alpha value is -3.16. The summed E-state index contributed by atoms with van der Waals surface area (Å²) in [6, 6.07) is 15.0. The second kappa shape index (κ2) is 8.24. The van der Waals surface area contributed by atoms with Crippen molar-refractivity contribution in [1.82, 2.24) is 4.57 Å². The topological polar surface area (TPSA) is 132 Å². The molecular formula is C21H23N3O4. The van der Waals surface area contributed by atoms with Gasteiger partial charge >= 0.3 is 12.1 Å². The van der Waals surface area contributed by atoms with E-state index in [1.807, 2.05) is 42.5 Å². The van der Waals surface area contributed by atoms with E-state index >= 15 is 0 Å². The molecule has 0 amide bonds. The first-order chi connectivity index (χ1) is 13.4. The van der Waals surface area contributed by atoms with Crippen LogP contribution in [0.15, 0.2) is 60.8 Å². The average Bonchev–Trinajstić information content (AvgIpc) is 3.05. The van der Waals surface area contributed by atoms with Crippen LogP contribution in [0.5, 0.6) is 0 Å². The second-order valence-electron chi connectivity index (χ2n) is 6.91. The van der Waals surface area contributed by atoms with Crippen LogP contribution in [0, 0.1) is 0 Å². The van der Waals surface area contributed by atoms with Gasteiger partial charge in [0.2, 0.25) is 0 Å². The van der Waals surface area contributed by atoms with E-state index in [0.717, 1.165) is 16.5 Å². The van der Waals surface area contributed by atoms with Gasteiger partial charge in [0.15, 0.2) is 0 Å². The van der Waals surface area contributed by atoms with Gasteiger partial charge in [0.05, 0.1) is 5.52 Å². The molecule has 0 aliphatic carbocycles. The Balaban J connectivity index is 1.86. The predicted octanol–water partition coefficient (Wildman–Crippen LogP) is 2.62. The van der Waals surface area contributed by atoms with Crippen molar-refractivity contribution in [2.75, 3.05) is 0 Å². The maximum atomic E-state index is 11.5. The highest BCUT2D eigenvalue weighted by molar-refractivity contribution is 5.91.